The van der Waals surface area contributed by atoms with Crippen molar-refractivity contribution < 1.29 is 28.6 Å². The number of rotatable bonds is 7. The number of esters is 2. The summed E-state index contributed by atoms with van der Waals surface area (Å²) in [6, 6.07) is 7.00. The van der Waals surface area contributed by atoms with Gasteiger partial charge in [-0.1, -0.05) is 18.2 Å². The van der Waals surface area contributed by atoms with Crippen LogP contribution in [0.3, 0.4) is 0 Å². The first-order valence-electron chi connectivity index (χ1n) is 8.64. The topological polar surface area (TPSA) is 90.9 Å². The van der Waals surface area contributed by atoms with Crippen LogP contribution in [0.1, 0.15) is 32.3 Å². The minimum Gasteiger partial charge on any atom is -0.496 e. The average Bonchev–Trinajstić information content (AvgIpc) is 2.67. The number of hydrogen-bond donors (Lipinski definition) is 1. The van der Waals surface area contributed by atoms with Crippen LogP contribution < -0.4 is 10.1 Å². The van der Waals surface area contributed by atoms with E-state index in [0.29, 0.717) is 23.3 Å². The molecule has 27 heavy (non-hydrogen) atoms. The van der Waals surface area contributed by atoms with Gasteiger partial charge >= 0.3 is 11.9 Å². The van der Waals surface area contributed by atoms with Crippen LogP contribution in [0.2, 0.25) is 0 Å². The molecule has 0 spiro atoms. The van der Waals surface area contributed by atoms with E-state index in [1.807, 2.05) is 0 Å². The van der Waals surface area contributed by atoms with E-state index in [1.165, 1.54) is 7.11 Å². The van der Waals surface area contributed by atoms with Crippen molar-refractivity contribution in [3.63, 3.8) is 0 Å². The van der Waals surface area contributed by atoms with Crippen LogP contribution in [0.4, 0.5) is 0 Å². The van der Waals surface area contributed by atoms with Gasteiger partial charge in [0.25, 0.3) is 0 Å². The van der Waals surface area contributed by atoms with Crippen LogP contribution in [0.15, 0.2) is 46.8 Å². The maximum Gasteiger partial charge on any atom is 0.337 e. The van der Waals surface area contributed by atoms with E-state index >= 15 is 0 Å². The standard InChI is InChI=1S/C20H23NO6/c1-5-26-19(23)16-12(3)21-14(11-22)18(20(24)27-6-2)17(16)13-9-7-8-10-15(13)25-4/h7-11,17,21H,5-6H2,1-4H3. The van der Waals surface area contributed by atoms with Crippen molar-refractivity contribution in [3.05, 3.63) is 52.4 Å². The van der Waals surface area contributed by atoms with E-state index in [-0.39, 0.29) is 30.1 Å². The Morgan fingerprint density at radius 2 is 1.67 bits per heavy atom. The van der Waals surface area contributed by atoms with Gasteiger partial charge in [-0.15, -0.1) is 0 Å². The molecule has 7 heteroatoms. The Kier molecular flexibility index (Phi) is 6.76. The van der Waals surface area contributed by atoms with Crippen LogP contribution in [0.25, 0.3) is 0 Å². The van der Waals surface area contributed by atoms with Crippen molar-refractivity contribution in [2.45, 2.75) is 26.7 Å². The highest BCUT2D eigenvalue weighted by atomic mass is 16.5. The molecule has 1 aliphatic rings. The maximum atomic E-state index is 12.7. The van der Waals surface area contributed by atoms with Crippen LogP contribution >= 0.6 is 0 Å². The normalized spacial score (nSPS) is 16.5. The Bertz CT molecular complexity index is 808. The number of ether oxygens (including phenoxy) is 3. The largest absolute Gasteiger partial charge is 0.496 e. The zero-order valence-electron chi connectivity index (χ0n) is 15.8. The number of carbonyl (C=O) groups is 3. The van der Waals surface area contributed by atoms with Gasteiger partial charge < -0.3 is 19.5 Å². The van der Waals surface area contributed by atoms with Crippen molar-refractivity contribution in [1.29, 1.82) is 0 Å². The molecule has 0 radical (unpaired) electrons. The molecule has 1 heterocycles. The fourth-order valence-corrected chi connectivity index (χ4v) is 3.08. The van der Waals surface area contributed by atoms with E-state index in [1.54, 1.807) is 45.0 Å². The van der Waals surface area contributed by atoms with E-state index < -0.39 is 17.9 Å². The van der Waals surface area contributed by atoms with Crippen molar-refractivity contribution in [2.75, 3.05) is 20.3 Å². The first-order chi connectivity index (χ1) is 13.0. The molecule has 1 unspecified atom stereocenters. The Morgan fingerprint density at radius 3 is 2.22 bits per heavy atom. The molecule has 0 aliphatic carbocycles. The summed E-state index contributed by atoms with van der Waals surface area (Å²) >= 11 is 0. The minimum atomic E-state index is -0.860. The Morgan fingerprint density at radius 1 is 1.07 bits per heavy atom. The maximum absolute atomic E-state index is 12.7. The lowest BCUT2D eigenvalue weighted by Crippen LogP contribution is -2.34. The molecule has 1 aromatic rings. The first kappa shape index (κ1) is 20.2. The lowest BCUT2D eigenvalue weighted by molar-refractivity contribution is -0.139. The van der Waals surface area contributed by atoms with Gasteiger partial charge in [0.15, 0.2) is 6.29 Å². The number of para-hydroxylation sites is 1. The molecule has 0 aromatic heterocycles. The predicted octanol–water partition coefficient (Wildman–Crippen LogP) is 2.24. The molecule has 1 atom stereocenters. The molecular formula is C20H23NO6. The molecule has 0 bridgehead atoms. The molecule has 1 aliphatic heterocycles. The summed E-state index contributed by atoms with van der Waals surface area (Å²) in [5.41, 5.74) is 1.32. The van der Waals surface area contributed by atoms with E-state index in [4.69, 9.17) is 14.2 Å². The molecule has 0 fully saturated rings. The Labute approximate surface area is 158 Å². The van der Waals surface area contributed by atoms with Gasteiger partial charge in [0.1, 0.15) is 5.75 Å². The van der Waals surface area contributed by atoms with Crippen molar-refractivity contribution in [3.8, 4) is 5.75 Å². The molecule has 1 N–H and O–H groups in total. The highest BCUT2D eigenvalue weighted by Crippen LogP contribution is 2.42. The van der Waals surface area contributed by atoms with Crippen molar-refractivity contribution >= 4 is 18.2 Å². The lowest BCUT2D eigenvalue weighted by Gasteiger charge is -2.30. The second kappa shape index (κ2) is 9.02. The van der Waals surface area contributed by atoms with Gasteiger partial charge in [-0.05, 0) is 26.8 Å². The quantitative estimate of drug-likeness (QED) is 0.579. The monoisotopic (exact) mass is 373 g/mol. The van der Waals surface area contributed by atoms with E-state index in [2.05, 4.69) is 5.32 Å². The van der Waals surface area contributed by atoms with Gasteiger partial charge in [0, 0.05) is 11.3 Å². The fourth-order valence-electron chi connectivity index (χ4n) is 3.08. The number of hydrogen-bond acceptors (Lipinski definition) is 7. The van der Waals surface area contributed by atoms with E-state index in [9.17, 15) is 14.4 Å². The highest BCUT2D eigenvalue weighted by molar-refractivity contribution is 6.03. The van der Waals surface area contributed by atoms with Crippen LogP contribution in [-0.4, -0.2) is 38.5 Å². The lowest BCUT2D eigenvalue weighted by atomic mass is 9.80. The number of methoxy groups -OCH3 is 1. The summed E-state index contributed by atoms with van der Waals surface area (Å²) in [5, 5.41) is 2.83. The number of benzene rings is 1. The summed E-state index contributed by atoms with van der Waals surface area (Å²) in [6.45, 7) is 5.32. The van der Waals surface area contributed by atoms with Gasteiger partial charge in [-0.25, -0.2) is 9.59 Å². The molecule has 2 rings (SSSR count). The fraction of sp³-hybridized carbons (Fsp3) is 0.350. The summed E-state index contributed by atoms with van der Waals surface area (Å²) in [6.07, 6.45) is 0.542. The van der Waals surface area contributed by atoms with Gasteiger partial charge in [0.2, 0.25) is 0 Å². The summed E-state index contributed by atoms with van der Waals surface area (Å²) in [7, 11) is 1.49. The number of dihydropyridines is 1. The van der Waals surface area contributed by atoms with Crippen LogP contribution in [-0.2, 0) is 23.9 Å². The molecule has 0 saturated heterocycles. The molecule has 1 aromatic carbocycles. The highest BCUT2D eigenvalue weighted by Gasteiger charge is 2.40. The van der Waals surface area contributed by atoms with Crippen molar-refractivity contribution in [1.82, 2.24) is 5.32 Å². The zero-order chi connectivity index (χ0) is 20.0. The molecule has 0 amide bonds. The molecule has 0 saturated carbocycles. The number of allylic oxidation sites excluding steroid dienone is 2. The number of carbonyl (C=O) groups excluding carboxylic acids is 3. The third-order valence-electron chi connectivity index (χ3n) is 4.15. The molecule has 144 valence electrons. The van der Waals surface area contributed by atoms with Gasteiger partial charge in [-0.2, -0.15) is 0 Å². The second-order valence-corrected chi connectivity index (χ2v) is 5.72. The van der Waals surface area contributed by atoms with Crippen molar-refractivity contribution in [2.24, 2.45) is 0 Å². The smallest absolute Gasteiger partial charge is 0.337 e. The van der Waals surface area contributed by atoms with Gasteiger partial charge in [-0.3, -0.25) is 4.79 Å². The predicted molar refractivity (Wildman–Crippen MR) is 97.9 cm³/mol. The number of aldehydes is 1. The Hall–Kier alpha value is -3.09. The van der Waals surface area contributed by atoms with Gasteiger partial charge in [0.05, 0.1) is 43.1 Å². The summed E-state index contributed by atoms with van der Waals surface area (Å²) in [4.78, 5) is 37.0. The minimum absolute atomic E-state index is 0.0463. The second-order valence-electron chi connectivity index (χ2n) is 5.72. The number of nitrogens with one attached hydrogen (secondary N) is 1. The zero-order valence-corrected chi connectivity index (χ0v) is 15.8. The van der Waals surface area contributed by atoms with E-state index in [0.717, 1.165) is 0 Å². The first-order valence-corrected chi connectivity index (χ1v) is 8.64. The summed E-state index contributed by atoms with van der Waals surface area (Å²) in [5.74, 6) is -1.64. The molecular weight excluding hydrogens is 350 g/mol. The van der Waals surface area contributed by atoms with Crippen LogP contribution in [0.5, 0.6) is 5.75 Å². The average molecular weight is 373 g/mol. The third kappa shape index (κ3) is 4.02. The summed E-state index contributed by atoms with van der Waals surface area (Å²) < 4.78 is 15.8. The third-order valence-corrected chi connectivity index (χ3v) is 4.15. The van der Waals surface area contributed by atoms with Crippen LogP contribution in [0, 0.1) is 0 Å². The Balaban J connectivity index is 2.76. The SMILES string of the molecule is CCOC(=O)C1=C(C)NC(C=O)=C(C(=O)OCC)C1c1ccccc1OC. The molecule has 7 nitrogen and oxygen atoms in total.